The van der Waals surface area contributed by atoms with Crippen LogP contribution in [0.3, 0.4) is 0 Å². The summed E-state index contributed by atoms with van der Waals surface area (Å²) < 4.78 is 11.0. The second-order valence-corrected chi connectivity index (χ2v) is 9.86. The first-order valence-electron chi connectivity index (χ1n) is 13.3. The van der Waals surface area contributed by atoms with Crippen molar-refractivity contribution in [3.8, 4) is 0 Å². The van der Waals surface area contributed by atoms with Gasteiger partial charge in [-0.25, -0.2) is 4.79 Å². The Bertz CT molecular complexity index is 737. The molecular formula is C28H43NO4. The standard InChI is InChI=1S/C28H43NO4/c1-4-6-7-8-9-10-14-17-25(30)32-21(3)33-28(31)29(5-2)27-24-19-18-23(20-24)26(27)22-15-12-11-13-16-22/h11-13,15-16,21,23-24,26-27H,4-10,14,17-20H2,1-3H3/t21?,23?,24-,26?,27?/m1/s1. The molecule has 0 saturated heterocycles. The van der Waals surface area contributed by atoms with Crippen LogP contribution in [-0.4, -0.2) is 35.8 Å². The van der Waals surface area contributed by atoms with Gasteiger partial charge in [-0.2, -0.15) is 0 Å². The number of hydrogen-bond acceptors (Lipinski definition) is 4. The Morgan fingerprint density at radius 1 is 0.939 bits per heavy atom. The lowest BCUT2D eigenvalue weighted by atomic mass is 9.79. The molecule has 184 valence electrons. The van der Waals surface area contributed by atoms with Gasteiger partial charge in [0, 0.05) is 31.8 Å². The number of fused-ring (bicyclic) bond motifs is 2. The summed E-state index contributed by atoms with van der Waals surface area (Å²) in [5.74, 6) is 1.21. The number of amides is 1. The van der Waals surface area contributed by atoms with Crippen molar-refractivity contribution in [1.82, 2.24) is 4.90 Å². The highest BCUT2D eigenvalue weighted by Gasteiger charge is 2.51. The molecule has 0 aromatic heterocycles. The summed E-state index contributed by atoms with van der Waals surface area (Å²) in [4.78, 5) is 27.2. The first-order chi connectivity index (χ1) is 16.0. The van der Waals surface area contributed by atoms with E-state index in [0.29, 0.717) is 30.7 Å². The summed E-state index contributed by atoms with van der Waals surface area (Å²) in [6.07, 6.45) is 10.8. The molecule has 33 heavy (non-hydrogen) atoms. The van der Waals surface area contributed by atoms with Gasteiger partial charge >= 0.3 is 12.1 Å². The minimum absolute atomic E-state index is 0.152. The maximum absolute atomic E-state index is 13.1. The van der Waals surface area contributed by atoms with Gasteiger partial charge in [-0.3, -0.25) is 4.79 Å². The summed E-state index contributed by atoms with van der Waals surface area (Å²) in [6.45, 7) is 6.45. The van der Waals surface area contributed by atoms with Crippen molar-refractivity contribution in [2.45, 2.75) is 110 Å². The molecule has 3 rings (SSSR count). The number of carbonyl (C=O) groups is 2. The molecule has 0 N–H and O–H groups in total. The van der Waals surface area contributed by atoms with Gasteiger partial charge in [0.1, 0.15) is 0 Å². The third-order valence-electron chi connectivity index (χ3n) is 7.54. The molecule has 2 bridgehead atoms. The lowest BCUT2D eigenvalue weighted by molar-refractivity contribution is -0.166. The quantitative estimate of drug-likeness (QED) is 0.181. The van der Waals surface area contributed by atoms with Gasteiger partial charge in [0.25, 0.3) is 0 Å². The smallest absolute Gasteiger partial charge is 0.413 e. The second-order valence-electron chi connectivity index (χ2n) is 9.86. The summed E-state index contributed by atoms with van der Waals surface area (Å²) in [5, 5.41) is 0. The zero-order chi connectivity index (χ0) is 23.6. The third kappa shape index (κ3) is 6.97. The fourth-order valence-corrected chi connectivity index (χ4v) is 6.02. The van der Waals surface area contributed by atoms with Crippen LogP contribution in [0.4, 0.5) is 4.79 Å². The summed E-state index contributed by atoms with van der Waals surface area (Å²) in [7, 11) is 0. The number of esters is 1. The lowest BCUT2D eigenvalue weighted by Crippen LogP contribution is -2.47. The molecule has 2 aliphatic carbocycles. The maximum atomic E-state index is 13.1. The van der Waals surface area contributed by atoms with Crippen molar-refractivity contribution < 1.29 is 19.1 Å². The predicted molar refractivity (Wildman–Crippen MR) is 131 cm³/mol. The zero-order valence-corrected chi connectivity index (χ0v) is 20.8. The van der Waals surface area contributed by atoms with Crippen LogP contribution in [0.25, 0.3) is 0 Å². The topological polar surface area (TPSA) is 55.8 Å². The normalized spacial score (nSPS) is 24.5. The molecule has 2 fully saturated rings. The highest BCUT2D eigenvalue weighted by Crippen LogP contribution is 2.54. The number of benzene rings is 1. The fraction of sp³-hybridized carbons (Fsp3) is 0.714. The van der Waals surface area contributed by atoms with E-state index in [1.54, 1.807) is 6.92 Å². The predicted octanol–water partition coefficient (Wildman–Crippen LogP) is 7.06. The summed E-state index contributed by atoms with van der Waals surface area (Å²) in [6, 6.07) is 10.7. The van der Waals surface area contributed by atoms with Gasteiger partial charge in [0.05, 0.1) is 0 Å². The van der Waals surface area contributed by atoms with Crippen molar-refractivity contribution >= 4 is 12.1 Å². The van der Waals surface area contributed by atoms with E-state index in [9.17, 15) is 9.59 Å². The fourth-order valence-electron chi connectivity index (χ4n) is 6.02. The minimum Gasteiger partial charge on any atom is -0.425 e. The van der Waals surface area contributed by atoms with Crippen LogP contribution in [0.15, 0.2) is 30.3 Å². The van der Waals surface area contributed by atoms with Gasteiger partial charge < -0.3 is 14.4 Å². The van der Waals surface area contributed by atoms with Crippen LogP contribution >= 0.6 is 0 Å². The Morgan fingerprint density at radius 3 is 2.30 bits per heavy atom. The van der Waals surface area contributed by atoms with E-state index in [4.69, 9.17) is 9.47 Å². The van der Waals surface area contributed by atoms with Crippen LogP contribution in [0.5, 0.6) is 0 Å². The van der Waals surface area contributed by atoms with E-state index in [0.717, 1.165) is 19.3 Å². The monoisotopic (exact) mass is 457 g/mol. The molecule has 1 aromatic carbocycles. The number of hydrogen-bond donors (Lipinski definition) is 0. The molecule has 0 aliphatic heterocycles. The lowest BCUT2D eigenvalue weighted by Gasteiger charge is -2.39. The van der Waals surface area contributed by atoms with Crippen LogP contribution in [0.2, 0.25) is 0 Å². The molecule has 5 heteroatoms. The molecule has 2 saturated carbocycles. The van der Waals surface area contributed by atoms with Crippen molar-refractivity contribution in [2.24, 2.45) is 11.8 Å². The van der Waals surface area contributed by atoms with Gasteiger partial charge in [-0.05, 0) is 50.0 Å². The van der Waals surface area contributed by atoms with E-state index in [-0.39, 0.29) is 18.1 Å². The summed E-state index contributed by atoms with van der Waals surface area (Å²) in [5.41, 5.74) is 1.31. The average molecular weight is 458 g/mol. The Morgan fingerprint density at radius 2 is 1.61 bits per heavy atom. The molecular weight excluding hydrogens is 414 g/mol. The van der Waals surface area contributed by atoms with E-state index in [1.807, 2.05) is 17.9 Å². The summed E-state index contributed by atoms with van der Waals surface area (Å²) >= 11 is 0. The van der Waals surface area contributed by atoms with Crippen molar-refractivity contribution in [3.05, 3.63) is 35.9 Å². The molecule has 1 aromatic rings. The number of rotatable bonds is 13. The van der Waals surface area contributed by atoms with E-state index < -0.39 is 6.29 Å². The van der Waals surface area contributed by atoms with Crippen LogP contribution in [0, 0.1) is 11.8 Å². The third-order valence-corrected chi connectivity index (χ3v) is 7.54. The van der Waals surface area contributed by atoms with E-state index in [2.05, 4.69) is 31.2 Å². The van der Waals surface area contributed by atoms with E-state index >= 15 is 0 Å². The van der Waals surface area contributed by atoms with Crippen LogP contribution in [0.1, 0.15) is 103 Å². The number of carbonyl (C=O) groups excluding carboxylic acids is 2. The first kappa shape index (κ1) is 25.6. The molecule has 1 amide bonds. The van der Waals surface area contributed by atoms with E-state index in [1.165, 1.54) is 50.5 Å². The number of nitrogens with zero attached hydrogens (tertiary/aromatic N) is 1. The maximum Gasteiger partial charge on any atom is 0.413 e. The Labute approximate surface area is 200 Å². The molecule has 5 atom stereocenters. The zero-order valence-electron chi connectivity index (χ0n) is 20.8. The molecule has 2 aliphatic rings. The number of unbranched alkanes of at least 4 members (excludes halogenated alkanes) is 6. The second kappa shape index (κ2) is 13.0. The Hall–Kier alpha value is -2.04. The average Bonchev–Trinajstić information content (AvgIpc) is 3.41. The largest absolute Gasteiger partial charge is 0.425 e. The van der Waals surface area contributed by atoms with Gasteiger partial charge in [0.15, 0.2) is 0 Å². The van der Waals surface area contributed by atoms with Crippen molar-refractivity contribution in [1.29, 1.82) is 0 Å². The highest BCUT2D eigenvalue weighted by atomic mass is 16.7. The molecule has 5 nitrogen and oxygen atoms in total. The molecule has 0 radical (unpaired) electrons. The van der Waals surface area contributed by atoms with Crippen molar-refractivity contribution in [3.63, 3.8) is 0 Å². The number of likely N-dealkylation sites (N-methyl/N-ethyl adjacent to an activating group) is 1. The Balaban J connectivity index is 1.47. The van der Waals surface area contributed by atoms with Crippen molar-refractivity contribution in [2.75, 3.05) is 6.54 Å². The molecule has 4 unspecified atom stereocenters. The molecule has 0 heterocycles. The van der Waals surface area contributed by atoms with Gasteiger partial charge in [0.2, 0.25) is 6.29 Å². The van der Waals surface area contributed by atoms with Gasteiger partial charge in [-0.1, -0.05) is 75.8 Å². The highest BCUT2D eigenvalue weighted by molar-refractivity contribution is 5.71. The Kier molecular flexibility index (Phi) is 10.1. The molecule has 0 spiro atoms. The minimum atomic E-state index is -0.864. The van der Waals surface area contributed by atoms with Crippen LogP contribution in [-0.2, 0) is 14.3 Å². The number of ether oxygens (including phenoxy) is 2. The SMILES string of the molecule is CCCCCCCCCC(=O)OC(C)OC(=O)N(CC)C1C(c2ccccc2)C2CC[C@@H]1C2. The van der Waals surface area contributed by atoms with Gasteiger partial charge in [-0.15, -0.1) is 0 Å². The first-order valence-corrected chi connectivity index (χ1v) is 13.3. The van der Waals surface area contributed by atoms with Crippen LogP contribution < -0.4 is 0 Å².